The zero-order chi connectivity index (χ0) is 14.8. The van der Waals surface area contributed by atoms with E-state index in [1.54, 1.807) is 0 Å². The number of aliphatic hydroxyl groups excluding tert-OH is 1. The fourth-order valence-electron chi connectivity index (χ4n) is 3.00. The van der Waals surface area contributed by atoms with E-state index < -0.39 is 0 Å². The molecule has 1 N–H and O–H groups in total. The highest BCUT2D eigenvalue weighted by atomic mass is 16.5. The summed E-state index contributed by atoms with van der Waals surface area (Å²) in [4.78, 5) is 0. The van der Waals surface area contributed by atoms with Crippen LogP contribution in [0.2, 0.25) is 0 Å². The second-order valence-corrected chi connectivity index (χ2v) is 6.00. The van der Waals surface area contributed by atoms with Crippen molar-refractivity contribution in [1.82, 2.24) is 4.57 Å². The van der Waals surface area contributed by atoms with Gasteiger partial charge in [-0.1, -0.05) is 31.0 Å². The average molecular weight is 285 g/mol. The average Bonchev–Trinajstić information content (AvgIpc) is 3.05. The van der Waals surface area contributed by atoms with Crippen molar-refractivity contribution in [2.45, 2.75) is 51.9 Å². The Hall–Kier alpha value is -1.74. The summed E-state index contributed by atoms with van der Waals surface area (Å²) in [6.07, 6.45) is 6.68. The molecule has 3 heteroatoms. The van der Waals surface area contributed by atoms with Crippen LogP contribution in [-0.4, -0.2) is 15.8 Å². The molecule has 0 spiro atoms. The van der Waals surface area contributed by atoms with Crippen LogP contribution in [0.1, 0.15) is 42.6 Å². The van der Waals surface area contributed by atoms with Crippen molar-refractivity contribution >= 4 is 0 Å². The molecule has 3 nitrogen and oxygen atoms in total. The molecule has 0 saturated heterocycles. The maximum absolute atomic E-state index is 10.0. The van der Waals surface area contributed by atoms with Gasteiger partial charge in [-0.15, -0.1) is 0 Å². The summed E-state index contributed by atoms with van der Waals surface area (Å²) in [6, 6.07) is 8.38. The first-order valence-electron chi connectivity index (χ1n) is 7.75. The summed E-state index contributed by atoms with van der Waals surface area (Å²) < 4.78 is 8.12. The summed E-state index contributed by atoms with van der Waals surface area (Å²) in [5.74, 6) is 1.02. The van der Waals surface area contributed by atoms with Crippen LogP contribution in [0, 0.1) is 6.92 Å². The normalized spacial score (nSPS) is 18.3. The van der Waals surface area contributed by atoms with E-state index in [-0.39, 0.29) is 12.2 Å². The number of aromatic nitrogens is 1. The fraction of sp³-hybridized carbons (Fsp3) is 0.444. The van der Waals surface area contributed by atoms with Gasteiger partial charge in [0, 0.05) is 18.8 Å². The van der Waals surface area contributed by atoms with Crippen molar-refractivity contribution in [2.75, 3.05) is 0 Å². The predicted molar refractivity (Wildman–Crippen MR) is 83.6 cm³/mol. The van der Waals surface area contributed by atoms with Gasteiger partial charge in [0.2, 0.25) is 0 Å². The predicted octanol–water partition coefficient (Wildman–Crippen LogP) is 3.63. The lowest BCUT2D eigenvalue weighted by molar-refractivity contribution is 0.166. The molecule has 2 heterocycles. The van der Waals surface area contributed by atoms with Gasteiger partial charge in [0.1, 0.15) is 11.9 Å². The largest absolute Gasteiger partial charge is 0.488 e. The number of nitrogens with zero attached hydrogens (tertiary/aromatic N) is 1. The van der Waals surface area contributed by atoms with Gasteiger partial charge in [-0.25, -0.2) is 0 Å². The van der Waals surface area contributed by atoms with Gasteiger partial charge in [-0.05, 0) is 36.6 Å². The number of fused-ring (bicyclic) bond motifs is 1. The number of aryl methyl sites for hydroxylation is 1. The molecule has 21 heavy (non-hydrogen) atoms. The van der Waals surface area contributed by atoms with Gasteiger partial charge < -0.3 is 14.4 Å². The van der Waals surface area contributed by atoms with Crippen LogP contribution in [0.3, 0.4) is 0 Å². The lowest BCUT2D eigenvalue weighted by Gasteiger charge is -2.12. The van der Waals surface area contributed by atoms with E-state index in [2.05, 4.69) is 36.6 Å². The van der Waals surface area contributed by atoms with Crippen molar-refractivity contribution in [2.24, 2.45) is 0 Å². The molecule has 1 aromatic carbocycles. The molecule has 0 aliphatic carbocycles. The highest BCUT2D eigenvalue weighted by Gasteiger charge is 2.23. The van der Waals surface area contributed by atoms with E-state index in [4.69, 9.17) is 4.74 Å². The SMILES string of the molecule is CCCC(O)c1ccn(CC2Cc3cc(C)ccc3O2)c1. The molecule has 2 unspecified atom stereocenters. The monoisotopic (exact) mass is 285 g/mol. The Balaban J connectivity index is 1.64. The Morgan fingerprint density at radius 1 is 1.38 bits per heavy atom. The van der Waals surface area contributed by atoms with Crippen molar-refractivity contribution < 1.29 is 9.84 Å². The van der Waals surface area contributed by atoms with Crippen LogP contribution < -0.4 is 4.74 Å². The van der Waals surface area contributed by atoms with Crippen LogP contribution in [0.15, 0.2) is 36.7 Å². The summed E-state index contributed by atoms with van der Waals surface area (Å²) in [6.45, 7) is 5.03. The molecule has 0 amide bonds. The third kappa shape index (κ3) is 3.13. The van der Waals surface area contributed by atoms with Crippen LogP contribution in [-0.2, 0) is 13.0 Å². The maximum Gasteiger partial charge on any atom is 0.123 e. The second kappa shape index (κ2) is 5.94. The molecular weight excluding hydrogens is 262 g/mol. The van der Waals surface area contributed by atoms with Crippen molar-refractivity contribution in [3.8, 4) is 5.75 Å². The zero-order valence-corrected chi connectivity index (χ0v) is 12.7. The number of ether oxygens (including phenoxy) is 1. The first-order valence-corrected chi connectivity index (χ1v) is 7.75. The molecule has 1 aliphatic rings. The van der Waals surface area contributed by atoms with Crippen LogP contribution in [0.5, 0.6) is 5.75 Å². The van der Waals surface area contributed by atoms with Crippen molar-refractivity contribution in [3.05, 3.63) is 53.3 Å². The smallest absolute Gasteiger partial charge is 0.123 e. The second-order valence-electron chi connectivity index (χ2n) is 6.00. The summed E-state index contributed by atoms with van der Waals surface area (Å²) in [5.41, 5.74) is 3.59. The summed E-state index contributed by atoms with van der Waals surface area (Å²) in [7, 11) is 0. The van der Waals surface area contributed by atoms with E-state index in [1.165, 1.54) is 11.1 Å². The minimum atomic E-state index is -0.347. The Labute approximate surface area is 126 Å². The third-order valence-electron chi connectivity index (χ3n) is 4.09. The molecule has 2 atom stereocenters. The van der Waals surface area contributed by atoms with E-state index in [1.807, 2.05) is 18.5 Å². The Bertz CT molecular complexity index is 617. The van der Waals surface area contributed by atoms with Gasteiger partial charge in [0.25, 0.3) is 0 Å². The van der Waals surface area contributed by atoms with Crippen LogP contribution in [0.25, 0.3) is 0 Å². The number of hydrogen-bond acceptors (Lipinski definition) is 2. The standard InChI is InChI=1S/C18H23NO2/c1-3-4-17(20)14-7-8-19(11-14)12-16-10-15-9-13(2)5-6-18(15)21-16/h5-9,11,16-17,20H,3-4,10,12H2,1-2H3. The zero-order valence-electron chi connectivity index (χ0n) is 12.7. The lowest BCUT2D eigenvalue weighted by Crippen LogP contribution is -2.19. The molecule has 112 valence electrons. The van der Waals surface area contributed by atoms with E-state index in [0.29, 0.717) is 0 Å². The molecule has 1 aromatic heterocycles. The van der Waals surface area contributed by atoms with Crippen molar-refractivity contribution in [3.63, 3.8) is 0 Å². The van der Waals surface area contributed by atoms with Gasteiger partial charge in [0.05, 0.1) is 12.6 Å². The first kappa shape index (κ1) is 14.2. The topological polar surface area (TPSA) is 34.4 Å². The number of hydrogen-bond donors (Lipinski definition) is 1. The van der Waals surface area contributed by atoms with E-state index in [9.17, 15) is 5.11 Å². The summed E-state index contributed by atoms with van der Waals surface area (Å²) in [5, 5.41) is 10.0. The number of rotatable bonds is 5. The molecule has 0 saturated carbocycles. The van der Waals surface area contributed by atoms with Gasteiger partial charge >= 0.3 is 0 Å². The molecule has 0 radical (unpaired) electrons. The molecule has 3 rings (SSSR count). The first-order chi connectivity index (χ1) is 10.2. The minimum Gasteiger partial charge on any atom is -0.488 e. The fourth-order valence-corrected chi connectivity index (χ4v) is 3.00. The summed E-state index contributed by atoms with van der Waals surface area (Å²) >= 11 is 0. The van der Waals surface area contributed by atoms with Crippen LogP contribution in [0.4, 0.5) is 0 Å². The lowest BCUT2D eigenvalue weighted by atomic mass is 10.1. The highest BCUT2D eigenvalue weighted by Crippen LogP contribution is 2.30. The quantitative estimate of drug-likeness (QED) is 0.910. The molecular formula is C18H23NO2. The number of aliphatic hydroxyl groups is 1. The molecule has 0 fully saturated rings. The molecule has 2 aromatic rings. The Morgan fingerprint density at radius 2 is 2.24 bits per heavy atom. The van der Waals surface area contributed by atoms with E-state index in [0.717, 1.165) is 37.1 Å². The molecule has 0 bridgehead atoms. The van der Waals surface area contributed by atoms with Gasteiger partial charge in [0.15, 0.2) is 0 Å². The van der Waals surface area contributed by atoms with E-state index >= 15 is 0 Å². The maximum atomic E-state index is 10.0. The van der Waals surface area contributed by atoms with Crippen molar-refractivity contribution in [1.29, 1.82) is 0 Å². The van der Waals surface area contributed by atoms with Gasteiger partial charge in [-0.3, -0.25) is 0 Å². The Morgan fingerprint density at radius 3 is 3.05 bits per heavy atom. The Kier molecular flexibility index (Phi) is 4.02. The van der Waals surface area contributed by atoms with Gasteiger partial charge in [-0.2, -0.15) is 0 Å². The minimum absolute atomic E-state index is 0.186. The number of benzene rings is 1. The highest BCUT2D eigenvalue weighted by molar-refractivity contribution is 5.40. The third-order valence-corrected chi connectivity index (χ3v) is 4.09. The van der Waals surface area contributed by atoms with Crippen LogP contribution >= 0.6 is 0 Å². The molecule has 1 aliphatic heterocycles.